The fraction of sp³-hybridized carbons (Fsp3) is 0.370. The monoisotopic (exact) mass is 464 g/mol. The Kier molecular flexibility index (Phi) is 8.85. The van der Waals surface area contributed by atoms with Crippen molar-refractivity contribution in [2.75, 3.05) is 13.2 Å². The van der Waals surface area contributed by atoms with E-state index in [0.29, 0.717) is 52.9 Å². The molecule has 0 aliphatic carbocycles. The highest BCUT2D eigenvalue weighted by atomic mass is 16.5. The van der Waals surface area contributed by atoms with Crippen LogP contribution in [-0.4, -0.2) is 35.1 Å². The van der Waals surface area contributed by atoms with Gasteiger partial charge in [-0.25, -0.2) is 0 Å². The highest BCUT2D eigenvalue weighted by Crippen LogP contribution is 2.26. The lowest BCUT2D eigenvalue weighted by molar-refractivity contribution is 0.0628. The summed E-state index contributed by atoms with van der Waals surface area (Å²) >= 11 is 0. The minimum Gasteiger partial charge on any atom is -0.490 e. The van der Waals surface area contributed by atoms with E-state index < -0.39 is 0 Å². The second-order valence-electron chi connectivity index (χ2n) is 8.01. The Balaban J connectivity index is 1.74. The average molecular weight is 465 g/mol. The molecule has 0 spiro atoms. The van der Waals surface area contributed by atoms with Crippen LogP contribution >= 0.6 is 0 Å². The molecule has 7 heteroatoms. The molecule has 1 aliphatic heterocycles. The van der Waals surface area contributed by atoms with E-state index in [9.17, 15) is 9.59 Å². The number of hydrogen-bond acceptors (Lipinski definition) is 6. The van der Waals surface area contributed by atoms with Crippen molar-refractivity contribution in [3.63, 3.8) is 0 Å². The van der Waals surface area contributed by atoms with Crippen LogP contribution in [0.3, 0.4) is 0 Å². The molecular weight excluding hydrogens is 432 g/mol. The lowest BCUT2D eigenvalue weighted by Gasteiger charge is -2.15. The molecule has 2 aromatic rings. The van der Waals surface area contributed by atoms with Crippen LogP contribution in [-0.2, 0) is 16.0 Å². The molecule has 0 N–H and O–H groups in total. The lowest BCUT2D eigenvalue weighted by atomic mass is 10.1. The third kappa shape index (κ3) is 5.84. The second-order valence-corrected chi connectivity index (χ2v) is 8.01. The van der Waals surface area contributed by atoms with E-state index >= 15 is 0 Å². The largest absolute Gasteiger partial charge is 0.490 e. The molecule has 1 aromatic carbocycles. The van der Waals surface area contributed by atoms with E-state index in [4.69, 9.17) is 14.0 Å². The predicted molar refractivity (Wildman–Crippen MR) is 130 cm³/mol. The summed E-state index contributed by atoms with van der Waals surface area (Å²) in [5.41, 5.74) is 1.86. The number of unbranched alkanes of at least 4 members (excludes halogenated alkanes) is 2. The summed E-state index contributed by atoms with van der Waals surface area (Å²) in [6.07, 6.45) is 7.57. The van der Waals surface area contributed by atoms with Crippen LogP contribution in [0, 0.1) is 0 Å². The zero-order valence-electron chi connectivity index (χ0n) is 20.1. The summed E-state index contributed by atoms with van der Waals surface area (Å²) in [6, 6.07) is 8.45. The minimum absolute atomic E-state index is 0.00353. The van der Waals surface area contributed by atoms with Crippen LogP contribution < -0.4 is 0 Å². The molecule has 3 rings (SSSR count). The van der Waals surface area contributed by atoms with Crippen molar-refractivity contribution < 1.29 is 23.6 Å². The fourth-order valence-corrected chi connectivity index (χ4v) is 3.44. The molecular formula is C27H32N2O5. The molecule has 0 fully saturated rings. The van der Waals surface area contributed by atoms with Crippen LogP contribution in [0.4, 0.5) is 0 Å². The van der Waals surface area contributed by atoms with Crippen molar-refractivity contribution in [2.24, 2.45) is 0 Å². The SMILES string of the molecule is C=C(/C=C(OCCCC)\C(=C/C)OCCCC)c1cc(CN2C(=O)c3ccccc3C2=O)on1. The first-order chi connectivity index (χ1) is 16.5. The number of nitrogens with zero attached hydrogens (tertiary/aromatic N) is 2. The van der Waals surface area contributed by atoms with Crippen LogP contribution in [0.15, 0.2) is 65.1 Å². The normalized spacial score (nSPS) is 13.9. The number of rotatable bonds is 13. The Bertz CT molecular complexity index is 1060. The van der Waals surface area contributed by atoms with Gasteiger partial charge in [-0.15, -0.1) is 0 Å². The molecule has 0 bridgehead atoms. The highest BCUT2D eigenvalue weighted by molar-refractivity contribution is 6.21. The van der Waals surface area contributed by atoms with Crippen LogP contribution in [0.25, 0.3) is 5.57 Å². The van der Waals surface area contributed by atoms with Crippen molar-refractivity contribution in [3.8, 4) is 0 Å². The molecule has 0 unspecified atom stereocenters. The van der Waals surface area contributed by atoms with Gasteiger partial charge >= 0.3 is 0 Å². The van der Waals surface area contributed by atoms with Crippen molar-refractivity contribution >= 4 is 17.4 Å². The highest BCUT2D eigenvalue weighted by Gasteiger charge is 2.35. The maximum absolute atomic E-state index is 12.6. The van der Waals surface area contributed by atoms with Gasteiger partial charge in [0.05, 0.1) is 30.9 Å². The van der Waals surface area contributed by atoms with Crippen molar-refractivity contribution in [2.45, 2.75) is 53.0 Å². The van der Waals surface area contributed by atoms with Crippen molar-refractivity contribution in [1.82, 2.24) is 10.1 Å². The molecule has 0 radical (unpaired) electrons. The van der Waals surface area contributed by atoms with Crippen LogP contribution in [0.5, 0.6) is 0 Å². The number of aromatic nitrogens is 1. The van der Waals surface area contributed by atoms with Gasteiger partial charge in [0.25, 0.3) is 11.8 Å². The molecule has 1 aromatic heterocycles. The zero-order chi connectivity index (χ0) is 24.5. The number of allylic oxidation sites excluding steroid dienone is 3. The minimum atomic E-state index is -0.342. The number of carbonyl (C=O) groups excluding carboxylic acids is 2. The third-order valence-corrected chi connectivity index (χ3v) is 5.40. The number of carbonyl (C=O) groups is 2. The van der Waals surface area contributed by atoms with E-state index in [0.717, 1.165) is 30.6 Å². The first-order valence-corrected chi connectivity index (χ1v) is 11.7. The Labute approximate surface area is 200 Å². The summed E-state index contributed by atoms with van der Waals surface area (Å²) in [5, 5.41) is 4.08. The van der Waals surface area contributed by atoms with Gasteiger partial charge in [0, 0.05) is 11.6 Å². The van der Waals surface area contributed by atoms with Gasteiger partial charge in [-0.2, -0.15) is 0 Å². The molecule has 0 saturated carbocycles. The van der Waals surface area contributed by atoms with E-state index in [2.05, 4.69) is 25.6 Å². The van der Waals surface area contributed by atoms with Gasteiger partial charge in [-0.1, -0.05) is 50.6 Å². The molecule has 34 heavy (non-hydrogen) atoms. The summed E-state index contributed by atoms with van der Waals surface area (Å²) in [5.74, 6) is 0.942. The lowest BCUT2D eigenvalue weighted by Crippen LogP contribution is -2.28. The number of hydrogen-bond donors (Lipinski definition) is 0. The van der Waals surface area contributed by atoms with E-state index in [1.807, 2.05) is 13.0 Å². The van der Waals surface area contributed by atoms with Gasteiger partial charge in [-0.05, 0) is 44.1 Å². The van der Waals surface area contributed by atoms with Crippen LogP contribution in [0.2, 0.25) is 0 Å². The molecule has 180 valence electrons. The number of imide groups is 1. The topological polar surface area (TPSA) is 81.9 Å². The van der Waals surface area contributed by atoms with Gasteiger partial charge in [-0.3, -0.25) is 14.5 Å². The molecule has 1 aliphatic rings. The maximum atomic E-state index is 12.6. The number of ether oxygens (including phenoxy) is 2. The average Bonchev–Trinajstić information content (AvgIpc) is 3.41. The smallest absolute Gasteiger partial charge is 0.261 e. The number of benzene rings is 1. The number of amides is 2. The molecule has 2 amide bonds. The Morgan fingerprint density at radius 1 is 1.03 bits per heavy atom. The third-order valence-electron chi connectivity index (χ3n) is 5.40. The van der Waals surface area contributed by atoms with Crippen molar-refractivity contribution in [3.05, 3.63) is 83.2 Å². The van der Waals surface area contributed by atoms with E-state index in [-0.39, 0.29) is 18.4 Å². The Morgan fingerprint density at radius 3 is 2.18 bits per heavy atom. The first kappa shape index (κ1) is 25.0. The summed E-state index contributed by atoms with van der Waals surface area (Å²) in [7, 11) is 0. The summed E-state index contributed by atoms with van der Waals surface area (Å²) in [6.45, 7) is 11.4. The summed E-state index contributed by atoms with van der Waals surface area (Å²) < 4.78 is 17.3. The second kappa shape index (κ2) is 12.0. The van der Waals surface area contributed by atoms with Crippen molar-refractivity contribution in [1.29, 1.82) is 0 Å². The molecule has 0 saturated heterocycles. The predicted octanol–water partition coefficient (Wildman–Crippen LogP) is 5.91. The molecule has 2 heterocycles. The summed E-state index contributed by atoms with van der Waals surface area (Å²) in [4.78, 5) is 26.4. The van der Waals surface area contributed by atoms with Gasteiger partial charge in [0.2, 0.25) is 0 Å². The Morgan fingerprint density at radius 2 is 1.62 bits per heavy atom. The molecule has 7 nitrogen and oxygen atoms in total. The van der Waals surface area contributed by atoms with E-state index in [1.165, 1.54) is 0 Å². The van der Waals surface area contributed by atoms with Gasteiger partial charge in [0.15, 0.2) is 17.3 Å². The molecule has 0 atom stereocenters. The standard InChI is InChI=1S/C27H32N2O5/c1-5-8-14-32-24(7-3)25(33-15-9-6-2)16-19(4)23-17-20(34-28-23)18-29-26(30)21-12-10-11-13-22(21)27(29)31/h7,10-13,16-17H,4-6,8-9,14-15,18H2,1-3H3/b24-7+,25-16+. The van der Waals surface area contributed by atoms with E-state index in [1.54, 1.807) is 36.4 Å². The zero-order valence-corrected chi connectivity index (χ0v) is 20.1. The Hall–Kier alpha value is -3.61. The quantitative estimate of drug-likeness (QED) is 0.159. The van der Waals surface area contributed by atoms with Gasteiger partial charge in [0.1, 0.15) is 5.69 Å². The number of fused-ring (bicyclic) bond motifs is 1. The van der Waals surface area contributed by atoms with Gasteiger partial charge < -0.3 is 14.0 Å². The van der Waals surface area contributed by atoms with Crippen LogP contribution in [0.1, 0.15) is 78.6 Å². The fourth-order valence-electron chi connectivity index (χ4n) is 3.44. The first-order valence-electron chi connectivity index (χ1n) is 11.7. The maximum Gasteiger partial charge on any atom is 0.261 e.